The Morgan fingerprint density at radius 3 is 3.05 bits per heavy atom. The Hall–Kier alpha value is -1.20. The standard InChI is InChI=1S/C14H18N2O2S/c1-9-15-11(8-19-9)3-5-14(18)16-6-10-2-4-13(17)12(10)7-16/h3,5,8,10,12-13,17H,2,4,6-7H2,1H3/b5-3+. The lowest BCUT2D eigenvalue weighted by molar-refractivity contribution is -0.125. The number of likely N-dealkylation sites (tertiary alicyclic amines) is 1. The van der Waals surface area contributed by atoms with Crippen molar-refractivity contribution in [2.75, 3.05) is 13.1 Å². The van der Waals surface area contributed by atoms with Crippen LogP contribution in [0.5, 0.6) is 0 Å². The zero-order valence-electron chi connectivity index (χ0n) is 11.0. The first-order chi connectivity index (χ1) is 9.13. The Balaban J connectivity index is 1.61. The van der Waals surface area contributed by atoms with Gasteiger partial charge in [-0.3, -0.25) is 4.79 Å². The lowest BCUT2D eigenvalue weighted by Crippen LogP contribution is -2.29. The molecule has 3 atom stereocenters. The second-order valence-electron chi connectivity index (χ2n) is 5.44. The van der Waals surface area contributed by atoms with Crippen LogP contribution >= 0.6 is 11.3 Å². The molecule has 19 heavy (non-hydrogen) atoms. The highest BCUT2D eigenvalue weighted by molar-refractivity contribution is 7.09. The molecule has 1 N–H and O–H groups in total. The largest absolute Gasteiger partial charge is 0.393 e. The van der Waals surface area contributed by atoms with Crippen molar-refractivity contribution in [3.05, 3.63) is 22.2 Å². The maximum Gasteiger partial charge on any atom is 0.246 e. The van der Waals surface area contributed by atoms with Crippen LogP contribution in [0.15, 0.2) is 11.5 Å². The fourth-order valence-electron chi connectivity index (χ4n) is 3.14. The van der Waals surface area contributed by atoms with Crippen molar-refractivity contribution in [3.63, 3.8) is 0 Å². The molecule has 5 heteroatoms. The Morgan fingerprint density at radius 1 is 1.53 bits per heavy atom. The normalized spacial score (nSPS) is 30.2. The summed E-state index contributed by atoms with van der Waals surface area (Å²) in [4.78, 5) is 18.3. The molecule has 1 amide bonds. The van der Waals surface area contributed by atoms with Gasteiger partial charge in [0.15, 0.2) is 0 Å². The molecule has 1 aliphatic carbocycles. The Bertz CT molecular complexity index is 511. The Kier molecular flexibility index (Phi) is 3.41. The summed E-state index contributed by atoms with van der Waals surface area (Å²) in [6.45, 7) is 3.44. The van der Waals surface area contributed by atoms with E-state index in [0.29, 0.717) is 18.4 Å². The zero-order chi connectivity index (χ0) is 13.4. The molecule has 2 aliphatic rings. The monoisotopic (exact) mass is 278 g/mol. The summed E-state index contributed by atoms with van der Waals surface area (Å²) in [6, 6.07) is 0. The van der Waals surface area contributed by atoms with Gasteiger partial charge < -0.3 is 10.0 Å². The van der Waals surface area contributed by atoms with E-state index in [1.165, 1.54) is 0 Å². The second-order valence-corrected chi connectivity index (χ2v) is 6.50. The number of aromatic nitrogens is 1. The molecule has 102 valence electrons. The minimum absolute atomic E-state index is 0.0345. The number of amides is 1. The molecule has 0 radical (unpaired) electrons. The van der Waals surface area contributed by atoms with Crippen LogP contribution in [-0.4, -0.2) is 40.1 Å². The van der Waals surface area contributed by atoms with Crippen LogP contribution in [0, 0.1) is 18.8 Å². The topological polar surface area (TPSA) is 53.4 Å². The van der Waals surface area contributed by atoms with Crippen molar-refractivity contribution in [1.29, 1.82) is 0 Å². The number of fused-ring (bicyclic) bond motifs is 1. The fraction of sp³-hybridized carbons (Fsp3) is 0.571. The molecule has 1 saturated carbocycles. The van der Waals surface area contributed by atoms with Crippen LogP contribution in [0.2, 0.25) is 0 Å². The summed E-state index contributed by atoms with van der Waals surface area (Å²) in [5.41, 5.74) is 0.843. The molecule has 1 aliphatic heterocycles. The summed E-state index contributed by atoms with van der Waals surface area (Å²) in [6.07, 6.45) is 5.10. The predicted octanol–water partition coefficient (Wildman–Crippen LogP) is 1.69. The quantitative estimate of drug-likeness (QED) is 0.838. The van der Waals surface area contributed by atoms with Crippen LogP contribution in [0.25, 0.3) is 6.08 Å². The summed E-state index contributed by atoms with van der Waals surface area (Å²) in [5.74, 6) is 0.819. The number of thiazole rings is 1. The fourth-order valence-corrected chi connectivity index (χ4v) is 3.72. The van der Waals surface area contributed by atoms with Gasteiger partial charge in [-0.15, -0.1) is 11.3 Å². The lowest BCUT2D eigenvalue weighted by atomic mass is 10.00. The molecule has 0 aromatic carbocycles. The van der Waals surface area contributed by atoms with E-state index in [-0.39, 0.29) is 12.0 Å². The van der Waals surface area contributed by atoms with Gasteiger partial charge in [-0.25, -0.2) is 4.98 Å². The highest BCUT2D eigenvalue weighted by Crippen LogP contribution is 2.38. The summed E-state index contributed by atoms with van der Waals surface area (Å²) < 4.78 is 0. The van der Waals surface area contributed by atoms with E-state index in [1.807, 2.05) is 17.2 Å². The van der Waals surface area contributed by atoms with Gasteiger partial charge in [0, 0.05) is 30.5 Å². The molecule has 1 aromatic heterocycles. The Morgan fingerprint density at radius 2 is 2.37 bits per heavy atom. The van der Waals surface area contributed by atoms with Crippen LogP contribution in [0.3, 0.4) is 0 Å². The van der Waals surface area contributed by atoms with Gasteiger partial charge in [-0.2, -0.15) is 0 Å². The Labute approximate surface area is 116 Å². The molecule has 1 saturated heterocycles. The number of hydrogen-bond donors (Lipinski definition) is 1. The molecule has 2 fully saturated rings. The van der Waals surface area contributed by atoms with Crippen LogP contribution < -0.4 is 0 Å². The highest BCUT2D eigenvalue weighted by Gasteiger charge is 2.42. The van der Waals surface area contributed by atoms with Crippen molar-refractivity contribution in [2.24, 2.45) is 11.8 Å². The van der Waals surface area contributed by atoms with E-state index in [4.69, 9.17) is 0 Å². The van der Waals surface area contributed by atoms with Gasteiger partial charge in [0.05, 0.1) is 16.8 Å². The number of rotatable bonds is 2. The molecular formula is C14H18N2O2S. The number of carbonyl (C=O) groups is 1. The van der Waals surface area contributed by atoms with Crippen molar-refractivity contribution in [1.82, 2.24) is 9.88 Å². The first-order valence-corrected chi connectivity index (χ1v) is 7.58. The van der Waals surface area contributed by atoms with Gasteiger partial charge in [-0.1, -0.05) is 0 Å². The number of aliphatic hydroxyl groups is 1. The highest BCUT2D eigenvalue weighted by atomic mass is 32.1. The van der Waals surface area contributed by atoms with Crippen molar-refractivity contribution in [2.45, 2.75) is 25.9 Å². The molecule has 2 heterocycles. The third-order valence-corrected chi connectivity index (χ3v) is 4.96. The summed E-state index contributed by atoms with van der Waals surface area (Å²) in [5, 5.41) is 12.8. The maximum atomic E-state index is 12.1. The van der Waals surface area contributed by atoms with Crippen molar-refractivity contribution < 1.29 is 9.90 Å². The summed E-state index contributed by atoms with van der Waals surface area (Å²) >= 11 is 1.58. The van der Waals surface area contributed by atoms with Crippen LogP contribution in [0.1, 0.15) is 23.5 Å². The summed E-state index contributed by atoms with van der Waals surface area (Å²) in [7, 11) is 0. The SMILES string of the molecule is Cc1nc(/C=C/C(=O)N2CC3CCC(O)C3C2)cs1. The number of hydrogen-bond acceptors (Lipinski definition) is 4. The minimum Gasteiger partial charge on any atom is -0.393 e. The van der Waals surface area contributed by atoms with E-state index in [2.05, 4.69) is 4.98 Å². The van der Waals surface area contributed by atoms with Gasteiger partial charge in [0.25, 0.3) is 0 Å². The van der Waals surface area contributed by atoms with E-state index >= 15 is 0 Å². The lowest BCUT2D eigenvalue weighted by Gasteiger charge is -2.16. The van der Waals surface area contributed by atoms with Crippen molar-refractivity contribution >= 4 is 23.3 Å². The maximum absolute atomic E-state index is 12.1. The number of aryl methyl sites for hydroxylation is 1. The predicted molar refractivity (Wildman–Crippen MR) is 74.7 cm³/mol. The molecule has 3 rings (SSSR count). The van der Waals surface area contributed by atoms with E-state index in [9.17, 15) is 9.90 Å². The van der Waals surface area contributed by atoms with E-state index in [1.54, 1.807) is 23.5 Å². The van der Waals surface area contributed by atoms with Gasteiger partial charge in [0.1, 0.15) is 0 Å². The molecular weight excluding hydrogens is 260 g/mol. The first kappa shape index (κ1) is 12.8. The van der Waals surface area contributed by atoms with Gasteiger partial charge in [-0.05, 0) is 31.8 Å². The van der Waals surface area contributed by atoms with E-state index in [0.717, 1.165) is 30.1 Å². The van der Waals surface area contributed by atoms with Crippen molar-refractivity contribution in [3.8, 4) is 0 Å². The molecule has 3 unspecified atom stereocenters. The van der Waals surface area contributed by atoms with Gasteiger partial charge >= 0.3 is 0 Å². The van der Waals surface area contributed by atoms with Crippen LogP contribution in [-0.2, 0) is 4.79 Å². The number of nitrogens with zero attached hydrogens (tertiary/aromatic N) is 2. The number of aliphatic hydroxyl groups excluding tert-OH is 1. The zero-order valence-corrected chi connectivity index (χ0v) is 11.8. The molecule has 4 nitrogen and oxygen atoms in total. The third-order valence-electron chi connectivity index (χ3n) is 4.16. The second kappa shape index (κ2) is 5.06. The first-order valence-electron chi connectivity index (χ1n) is 6.70. The average molecular weight is 278 g/mol. The van der Waals surface area contributed by atoms with E-state index < -0.39 is 0 Å². The molecule has 0 spiro atoms. The average Bonchev–Trinajstić information content (AvgIpc) is 3.05. The number of carbonyl (C=O) groups excluding carboxylic acids is 1. The molecule has 1 aromatic rings. The smallest absolute Gasteiger partial charge is 0.246 e. The molecule has 0 bridgehead atoms. The van der Waals surface area contributed by atoms with Gasteiger partial charge in [0.2, 0.25) is 5.91 Å². The third kappa shape index (κ3) is 2.58. The minimum atomic E-state index is -0.215. The van der Waals surface area contributed by atoms with Crippen LogP contribution in [0.4, 0.5) is 0 Å².